The van der Waals surface area contributed by atoms with Crippen molar-refractivity contribution in [1.29, 1.82) is 0 Å². The highest BCUT2D eigenvalue weighted by Crippen LogP contribution is 2.23. The van der Waals surface area contributed by atoms with Gasteiger partial charge in [-0.15, -0.1) is 0 Å². The molecule has 0 aliphatic heterocycles. The fourth-order valence-corrected chi connectivity index (χ4v) is 2.80. The molecule has 0 unspecified atom stereocenters. The summed E-state index contributed by atoms with van der Waals surface area (Å²) in [5.41, 5.74) is 3.60. The molecule has 2 N–H and O–H groups in total. The Balaban J connectivity index is 1.53. The van der Waals surface area contributed by atoms with Crippen molar-refractivity contribution >= 4 is 28.4 Å². The number of nitrogens with one attached hydrogen (secondary N) is 2. The van der Waals surface area contributed by atoms with E-state index in [1.54, 1.807) is 29.1 Å². The Bertz CT molecular complexity index is 1210. The fraction of sp³-hybridized carbons (Fsp3) is 0.100. The first-order valence-corrected chi connectivity index (χ1v) is 8.70. The van der Waals surface area contributed by atoms with Crippen LogP contribution in [0, 0.1) is 5.82 Å². The first-order valence-electron chi connectivity index (χ1n) is 8.70. The molecule has 0 saturated carbocycles. The number of ether oxygens (including phenoxy) is 1. The zero-order chi connectivity index (χ0) is 20.4. The maximum Gasteiger partial charge on any atom is 0.323 e. The van der Waals surface area contributed by atoms with E-state index in [-0.39, 0.29) is 5.75 Å². The standard InChI is InChI=1S/C20H17FN6O2/c1-27-8-7-16(26-27)18-11-22-15-6-4-12(9-17(15)25-18)23-20(28)24-13-3-5-14(21)19(10-13)29-2/h3-11H,1-2H3,(H2,23,24,28). The lowest BCUT2D eigenvalue weighted by molar-refractivity contribution is 0.262. The predicted molar refractivity (Wildman–Crippen MR) is 107 cm³/mol. The Labute approximate surface area is 165 Å². The highest BCUT2D eigenvalue weighted by atomic mass is 19.1. The monoisotopic (exact) mass is 392 g/mol. The van der Waals surface area contributed by atoms with Gasteiger partial charge in [0.05, 0.1) is 24.3 Å². The molecule has 146 valence electrons. The van der Waals surface area contributed by atoms with Gasteiger partial charge in [-0.1, -0.05) is 0 Å². The van der Waals surface area contributed by atoms with Crippen LogP contribution in [0.3, 0.4) is 0 Å². The fourth-order valence-electron chi connectivity index (χ4n) is 2.80. The van der Waals surface area contributed by atoms with Crippen LogP contribution in [-0.4, -0.2) is 32.9 Å². The highest BCUT2D eigenvalue weighted by molar-refractivity contribution is 6.00. The van der Waals surface area contributed by atoms with E-state index < -0.39 is 11.8 Å². The molecule has 2 aromatic heterocycles. The number of hydrogen-bond acceptors (Lipinski definition) is 5. The van der Waals surface area contributed by atoms with Gasteiger partial charge in [0.1, 0.15) is 11.4 Å². The van der Waals surface area contributed by atoms with E-state index in [0.29, 0.717) is 33.8 Å². The van der Waals surface area contributed by atoms with Gasteiger partial charge in [-0.05, 0) is 36.4 Å². The average molecular weight is 392 g/mol. The van der Waals surface area contributed by atoms with Crippen LogP contribution in [0.25, 0.3) is 22.4 Å². The van der Waals surface area contributed by atoms with Gasteiger partial charge in [-0.3, -0.25) is 9.67 Å². The number of benzene rings is 2. The molecular formula is C20H17FN6O2. The van der Waals surface area contributed by atoms with Gasteiger partial charge in [0.15, 0.2) is 11.6 Å². The molecule has 4 aromatic rings. The first-order chi connectivity index (χ1) is 14.0. The molecule has 0 spiro atoms. The summed E-state index contributed by atoms with van der Waals surface area (Å²) in [7, 11) is 3.19. The molecule has 0 radical (unpaired) electrons. The van der Waals surface area contributed by atoms with Crippen LogP contribution >= 0.6 is 0 Å². The molecule has 29 heavy (non-hydrogen) atoms. The number of carbonyl (C=O) groups excluding carboxylic acids is 1. The third kappa shape index (κ3) is 3.98. The van der Waals surface area contributed by atoms with Gasteiger partial charge in [-0.2, -0.15) is 5.10 Å². The number of fused-ring (bicyclic) bond motifs is 1. The Morgan fingerprint density at radius 1 is 1.03 bits per heavy atom. The molecule has 0 aliphatic rings. The minimum atomic E-state index is -0.504. The SMILES string of the molecule is COc1cc(NC(=O)Nc2ccc3ncc(-c4ccn(C)n4)nc3c2)ccc1F. The van der Waals surface area contributed by atoms with Crippen LogP contribution in [0.15, 0.2) is 54.9 Å². The van der Waals surface area contributed by atoms with Crippen LogP contribution in [0.4, 0.5) is 20.6 Å². The van der Waals surface area contributed by atoms with Gasteiger partial charge in [-0.25, -0.2) is 14.2 Å². The number of methoxy groups -OCH3 is 1. The summed E-state index contributed by atoms with van der Waals surface area (Å²) >= 11 is 0. The summed E-state index contributed by atoms with van der Waals surface area (Å²) in [5, 5.41) is 9.68. The molecule has 0 bridgehead atoms. The van der Waals surface area contributed by atoms with Crippen LogP contribution in [-0.2, 0) is 7.05 Å². The number of halogens is 1. The van der Waals surface area contributed by atoms with E-state index in [0.717, 1.165) is 0 Å². The van der Waals surface area contributed by atoms with Crippen molar-refractivity contribution < 1.29 is 13.9 Å². The van der Waals surface area contributed by atoms with Crippen molar-refractivity contribution in [2.45, 2.75) is 0 Å². The number of urea groups is 1. The van der Waals surface area contributed by atoms with Crippen molar-refractivity contribution in [3.8, 4) is 17.1 Å². The summed E-state index contributed by atoms with van der Waals surface area (Å²) in [6.07, 6.45) is 3.49. The summed E-state index contributed by atoms with van der Waals surface area (Å²) in [6.45, 7) is 0. The molecule has 0 aliphatic carbocycles. The summed E-state index contributed by atoms with van der Waals surface area (Å²) < 4.78 is 20.1. The van der Waals surface area contributed by atoms with E-state index in [1.807, 2.05) is 19.3 Å². The predicted octanol–water partition coefficient (Wildman–Crippen LogP) is 3.82. The second-order valence-corrected chi connectivity index (χ2v) is 6.26. The minimum Gasteiger partial charge on any atom is -0.494 e. The summed E-state index contributed by atoms with van der Waals surface area (Å²) in [4.78, 5) is 21.3. The van der Waals surface area contributed by atoms with Gasteiger partial charge < -0.3 is 15.4 Å². The van der Waals surface area contributed by atoms with Crippen LogP contribution < -0.4 is 15.4 Å². The number of amides is 2. The number of carbonyl (C=O) groups is 1. The van der Waals surface area contributed by atoms with Crippen molar-refractivity contribution in [3.63, 3.8) is 0 Å². The number of aryl methyl sites for hydroxylation is 1. The van der Waals surface area contributed by atoms with E-state index in [1.165, 1.54) is 25.3 Å². The lowest BCUT2D eigenvalue weighted by Gasteiger charge is -2.10. The highest BCUT2D eigenvalue weighted by Gasteiger charge is 2.09. The topological polar surface area (TPSA) is 94.0 Å². The second kappa shape index (κ2) is 7.55. The second-order valence-electron chi connectivity index (χ2n) is 6.26. The summed E-state index contributed by atoms with van der Waals surface area (Å²) in [6, 6.07) is 10.7. The number of hydrogen-bond donors (Lipinski definition) is 2. The minimum absolute atomic E-state index is 0.0471. The summed E-state index contributed by atoms with van der Waals surface area (Å²) in [5.74, 6) is -0.457. The molecule has 2 aromatic carbocycles. The normalized spacial score (nSPS) is 10.7. The maximum atomic E-state index is 13.5. The zero-order valence-corrected chi connectivity index (χ0v) is 15.7. The Morgan fingerprint density at radius 2 is 1.79 bits per heavy atom. The molecule has 0 saturated heterocycles. The lowest BCUT2D eigenvalue weighted by Crippen LogP contribution is -2.19. The van der Waals surface area contributed by atoms with Crippen LogP contribution in [0.2, 0.25) is 0 Å². The largest absolute Gasteiger partial charge is 0.494 e. The zero-order valence-electron chi connectivity index (χ0n) is 15.7. The van der Waals surface area contributed by atoms with Gasteiger partial charge in [0.2, 0.25) is 0 Å². The Kier molecular flexibility index (Phi) is 4.78. The number of anilines is 2. The van der Waals surface area contributed by atoms with Gasteiger partial charge in [0, 0.05) is 30.7 Å². The average Bonchev–Trinajstić information content (AvgIpc) is 3.15. The molecule has 4 rings (SSSR count). The van der Waals surface area contributed by atoms with Crippen molar-refractivity contribution in [3.05, 3.63) is 60.7 Å². The lowest BCUT2D eigenvalue weighted by atomic mass is 10.2. The molecule has 2 heterocycles. The molecule has 8 nitrogen and oxygen atoms in total. The third-order valence-corrected chi connectivity index (χ3v) is 4.19. The van der Waals surface area contributed by atoms with Crippen molar-refractivity contribution in [2.75, 3.05) is 17.7 Å². The molecule has 0 atom stereocenters. The van der Waals surface area contributed by atoms with Crippen molar-refractivity contribution in [1.82, 2.24) is 19.7 Å². The Hall–Kier alpha value is -4.01. The van der Waals surface area contributed by atoms with E-state index >= 15 is 0 Å². The third-order valence-electron chi connectivity index (χ3n) is 4.19. The van der Waals surface area contributed by atoms with E-state index in [4.69, 9.17) is 4.74 Å². The smallest absolute Gasteiger partial charge is 0.323 e. The number of aromatic nitrogens is 4. The maximum absolute atomic E-state index is 13.5. The van der Waals surface area contributed by atoms with Gasteiger partial charge in [0.25, 0.3) is 0 Å². The number of rotatable bonds is 4. The molecule has 2 amide bonds. The number of nitrogens with zero attached hydrogens (tertiary/aromatic N) is 4. The van der Waals surface area contributed by atoms with Gasteiger partial charge >= 0.3 is 6.03 Å². The molecule has 9 heteroatoms. The molecular weight excluding hydrogens is 375 g/mol. The molecule has 0 fully saturated rings. The van der Waals surface area contributed by atoms with Crippen LogP contribution in [0.5, 0.6) is 5.75 Å². The Morgan fingerprint density at radius 3 is 2.52 bits per heavy atom. The van der Waals surface area contributed by atoms with Crippen molar-refractivity contribution in [2.24, 2.45) is 7.05 Å². The van der Waals surface area contributed by atoms with Crippen LogP contribution in [0.1, 0.15) is 0 Å². The van der Waals surface area contributed by atoms with E-state index in [9.17, 15) is 9.18 Å². The quantitative estimate of drug-likeness (QED) is 0.551. The first kappa shape index (κ1) is 18.4. The van der Waals surface area contributed by atoms with E-state index in [2.05, 4.69) is 25.7 Å².